The molecular weight excluding hydrogens is 671 g/mol. The first kappa shape index (κ1) is 19.8. The van der Waals surface area contributed by atoms with Crippen LogP contribution >= 0.6 is 57.4 Å². The molecule has 0 fully saturated rings. The molecule has 0 saturated heterocycles. The van der Waals surface area contributed by atoms with Crippen LogP contribution in [0.1, 0.15) is 20.7 Å². The Kier molecular flexibility index (Phi) is 7.52. The third kappa shape index (κ3) is 6.37. The van der Waals surface area contributed by atoms with Gasteiger partial charge in [-0.25, -0.2) is 0 Å². The van der Waals surface area contributed by atoms with Gasteiger partial charge >= 0.3 is 170 Å². The molecule has 122 valence electrons. The van der Waals surface area contributed by atoms with Gasteiger partial charge in [0.2, 0.25) is 0 Å². The zero-order valence-electron chi connectivity index (χ0n) is 11.8. The van der Waals surface area contributed by atoms with Crippen molar-refractivity contribution in [1.29, 1.82) is 0 Å². The molecule has 0 saturated carbocycles. The summed E-state index contributed by atoms with van der Waals surface area (Å²) in [6.45, 7) is 0. The van der Waals surface area contributed by atoms with E-state index in [9.17, 15) is 9.59 Å². The number of carbonyl (C=O) groups excluding carboxylic acids is 2. The Morgan fingerprint density at radius 1 is 0.696 bits per heavy atom. The Morgan fingerprint density at radius 3 is 1.30 bits per heavy atom. The normalized spacial score (nSPS) is 12.0. The van der Waals surface area contributed by atoms with Crippen LogP contribution in [0.25, 0.3) is 0 Å². The molecule has 0 bridgehead atoms. The van der Waals surface area contributed by atoms with E-state index in [-0.39, 0.29) is 11.6 Å². The first-order valence-electron chi connectivity index (χ1n) is 6.52. The molecule has 0 radical (unpaired) electrons. The number of hydrogen-bond donors (Lipinski definition) is 0. The number of halogens is 4. The van der Waals surface area contributed by atoms with Crippen LogP contribution in [-0.2, 0) is 0 Å². The Morgan fingerprint density at radius 2 is 1.00 bits per heavy atom. The second-order valence-corrected chi connectivity index (χ2v) is 34.8. The van der Waals surface area contributed by atoms with E-state index in [1.165, 1.54) is 0 Å². The van der Waals surface area contributed by atoms with E-state index in [0.29, 0.717) is 20.1 Å². The van der Waals surface area contributed by atoms with Crippen molar-refractivity contribution < 1.29 is 9.59 Å². The molecule has 23 heavy (non-hydrogen) atoms. The van der Waals surface area contributed by atoms with Crippen molar-refractivity contribution in [1.82, 2.24) is 0 Å². The zero-order chi connectivity index (χ0) is 17.0. The van der Waals surface area contributed by atoms with Gasteiger partial charge in [-0.2, -0.15) is 0 Å². The summed E-state index contributed by atoms with van der Waals surface area (Å²) < 4.78 is 2.61. The van der Waals surface area contributed by atoms with Crippen molar-refractivity contribution in [2.24, 2.45) is 0 Å². The SMILES string of the molecule is O=C(C[Te](Br)(Br)CC(=O)c1ccc(Br)cc1)c1ccc(Br)cc1. The van der Waals surface area contributed by atoms with Crippen LogP contribution in [0, 0.1) is 0 Å². The minimum absolute atomic E-state index is 0.0519. The van der Waals surface area contributed by atoms with Crippen LogP contribution in [-0.4, -0.2) is 25.3 Å². The molecule has 0 aliphatic carbocycles. The van der Waals surface area contributed by atoms with Crippen LogP contribution in [0.15, 0.2) is 57.5 Å². The average Bonchev–Trinajstić information content (AvgIpc) is 2.47. The number of benzene rings is 2. The van der Waals surface area contributed by atoms with Crippen molar-refractivity contribution in [3.63, 3.8) is 0 Å². The van der Waals surface area contributed by atoms with Gasteiger partial charge in [0.1, 0.15) is 0 Å². The van der Waals surface area contributed by atoms with Crippen LogP contribution in [0.2, 0.25) is 8.94 Å². The zero-order valence-corrected chi connectivity index (χ0v) is 20.4. The van der Waals surface area contributed by atoms with Gasteiger partial charge in [-0.1, -0.05) is 0 Å². The van der Waals surface area contributed by atoms with Crippen LogP contribution in [0.4, 0.5) is 0 Å². The van der Waals surface area contributed by atoms with Crippen LogP contribution in [0.5, 0.6) is 0 Å². The molecule has 2 aromatic rings. The van der Waals surface area contributed by atoms with Gasteiger partial charge in [-0.15, -0.1) is 0 Å². The fourth-order valence-electron chi connectivity index (χ4n) is 1.87. The third-order valence-electron chi connectivity index (χ3n) is 3.02. The van der Waals surface area contributed by atoms with Crippen molar-refractivity contribution in [3.8, 4) is 0 Å². The summed E-state index contributed by atoms with van der Waals surface area (Å²) in [6, 6.07) is 14.6. The monoisotopic (exact) mass is 682 g/mol. The minimum atomic E-state index is -2.90. The fraction of sp³-hybridized carbons (Fsp3) is 0.125. The second kappa shape index (κ2) is 8.73. The van der Waals surface area contributed by atoms with E-state index < -0.39 is 13.8 Å². The number of hydrogen-bond acceptors (Lipinski definition) is 2. The molecule has 0 spiro atoms. The summed E-state index contributed by atoms with van der Waals surface area (Å²) in [7, 11) is 0. The van der Waals surface area contributed by atoms with Gasteiger partial charge in [-0.3, -0.25) is 0 Å². The summed E-state index contributed by atoms with van der Waals surface area (Å²) in [6.07, 6.45) is 0. The average molecular weight is 683 g/mol. The van der Waals surface area contributed by atoms with Crippen molar-refractivity contribution in [2.75, 3.05) is 0 Å². The molecule has 0 atom stereocenters. The van der Waals surface area contributed by atoms with Crippen molar-refractivity contribution in [3.05, 3.63) is 68.6 Å². The van der Waals surface area contributed by atoms with E-state index in [2.05, 4.69) is 57.4 Å². The molecule has 0 aliphatic heterocycles. The Bertz CT molecular complexity index is 650. The summed E-state index contributed by atoms with van der Waals surface area (Å²) >= 11 is 11.1. The first-order chi connectivity index (χ1) is 10.8. The number of carbonyl (C=O) groups is 2. The molecule has 2 nitrogen and oxygen atoms in total. The molecule has 7 heteroatoms. The molecule has 2 rings (SSSR count). The number of Topliss-reactive ketones (excluding diaryl/α,β-unsaturated/α-hetero) is 2. The third-order valence-corrected chi connectivity index (χ3v) is 14.1. The van der Waals surface area contributed by atoms with Crippen molar-refractivity contribution >= 4 is 82.7 Å². The Hall–Kier alpha value is 0.490. The van der Waals surface area contributed by atoms with E-state index in [4.69, 9.17) is 0 Å². The topological polar surface area (TPSA) is 34.1 Å². The first-order valence-corrected chi connectivity index (χ1v) is 21.9. The predicted molar refractivity (Wildman–Crippen MR) is 110 cm³/mol. The maximum absolute atomic E-state index is 12.4. The van der Waals surface area contributed by atoms with Crippen LogP contribution < -0.4 is 0 Å². The summed E-state index contributed by atoms with van der Waals surface area (Å²) in [5, 5.41) is 0. The molecule has 0 aliphatic rings. The standard InChI is InChI=1S/C16H12Br4O2Te/c17-13-5-1-11(2-6-13)15(21)9-23(19,20)10-16(22)12-3-7-14(18)8-4-12/h1-8H,9-10H2. The summed E-state index contributed by atoms with van der Waals surface area (Å²) in [5.74, 6) is 0.104. The summed E-state index contributed by atoms with van der Waals surface area (Å²) in [5.41, 5.74) is 1.33. The molecule has 0 heterocycles. The number of rotatable bonds is 6. The van der Waals surface area contributed by atoms with E-state index in [1.54, 1.807) is 24.3 Å². The predicted octanol–water partition coefficient (Wildman–Crippen LogP) is 6.51. The summed E-state index contributed by atoms with van der Waals surface area (Å²) in [4.78, 5) is 24.8. The van der Waals surface area contributed by atoms with E-state index in [0.717, 1.165) is 8.95 Å². The van der Waals surface area contributed by atoms with Gasteiger partial charge in [0.25, 0.3) is 0 Å². The molecule has 2 aromatic carbocycles. The van der Waals surface area contributed by atoms with Gasteiger partial charge < -0.3 is 0 Å². The molecule has 0 amide bonds. The van der Waals surface area contributed by atoms with Gasteiger partial charge in [-0.05, 0) is 0 Å². The van der Waals surface area contributed by atoms with Gasteiger partial charge in [0.05, 0.1) is 0 Å². The van der Waals surface area contributed by atoms with E-state index in [1.807, 2.05) is 24.3 Å². The maximum atomic E-state index is 12.4. The molecule has 0 unspecified atom stereocenters. The molecule has 0 aromatic heterocycles. The van der Waals surface area contributed by atoms with E-state index >= 15 is 0 Å². The van der Waals surface area contributed by atoms with Gasteiger partial charge in [0, 0.05) is 0 Å². The van der Waals surface area contributed by atoms with Crippen LogP contribution in [0.3, 0.4) is 0 Å². The number of ketones is 2. The second-order valence-electron chi connectivity index (χ2n) is 4.85. The molecule has 0 N–H and O–H groups in total. The quantitative estimate of drug-likeness (QED) is 0.257. The fourth-order valence-corrected chi connectivity index (χ4v) is 11.4. The Labute approximate surface area is 168 Å². The molecular formula is C16H12Br4O2Te. The van der Waals surface area contributed by atoms with Crippen molar-refractivity contribution in [2.45, 2.75) is 8.94 Å². The Balaban J connectivity index is 2.03. The van der Waals surface area contributed by atoms with Gasteiger partial charge in [0.15, 0.2) is 0 Å².